The van der Waals surface area contributed by atoms with E-state index >= 15 is 0 Å². The molecule has 25 heavy (non-hydrogen) atoms. The van der Waals surface area contributed by atoms with Crippen molar-refractivity contribution in [2.24, 2.45) is 11.7 Å². The summed E-state index contributed by atoms with van der Waals surface area (Å²) in [6.45, 7) is 4.74. The highest BCUT2D eigenvalue weighted by molar-refractivity contribution is 6.42. The number of hydrogen-bond donors (Lipinski definition) is 1. The molecule has 1 unspecified atom stereocenters. The van der Waals surface area contributed by atoms with E-state index in [0.29, 0.717) is 28.2 Å². The number of aromatic nitrogens is 2. The summed E-state index contributed by atoms with van der Waals surface area (Å²) in [5, 5.41) is 5.25. The smallest absolute Gasteiger partial charge is 0.274 e. The van der Waals surface area contributed by atoms with Crippen molar-refractivity contribution in [3.8, 4) is 5.69 Å². The Labute approximate surface area is 164 Å². The van der Waals surface area contributed by atoms with Crippen molar-refractivity contribution in [2.75, 3.05) is 13.6 Å². The molecular formula is C17H23Cl3N4O. The second-order valence-corrected chi connectivity index (χ2v) is 6.98. The van der Waals surface area contributed by atoms with Gasteiger partial charge in [-0.2, -0.15) is 5.10 Å². The van der Waals surface area contributed by atoms with E-state index in [1.165, 1.54) is 0 Å². The molecule has 0 radical (unpaired) electrons. The largest absolute Gasteiger partial charge is 0.340 e. The summed E-state index contributed by atoms with van der Waals surface area (Å²) in [6, 6.07) is 6.96. The lowest BCUT2D eigenvalue weighted by Crippen LogP contribution is -2.34. The lowest BCUT2D eigenvalue weighted by atomic mass is 10.0. The predicted octanol–water partition coefficient (Wildman–Crippen LogP) is 4.05. The second kappa shape index (κ2) is 9.43. The van der Waals surface area contributed by atoms with E-state index in [-0.39, 0.29) is 24.4 Å². The van der Waals surface area contributed by atoms with E-state index in [0.717, 1.165) is 12.1 Å². The number of hydrogen-bond acceptors (Lipinski definition) is 3. The lowest BCUT2D eigenvalue weighted by Gasteiger charge is -2.20. The van der Waals surface area contributed by atoms with Gasteiger partial charge in [0, 0.05) is 25.8 Å². The van der Waals surface area contributed by atoms with Crippen molar-refractivity contribution < 1.29 is 4.79 Å². The monoisotopic (exact) mass is 404 g/mol. The van der Waals surface area contributed by atoms with Crippen molar-refractivity contribution in [1.82, 2.24) is 14.7 Å². The summed E-state index contributed by atoms with van der Waals surface area (Å²) in [6.07, 6.45) is 2.48. The fraction of sp³-hybridized carbons (Fsp3) is 0.412. The van der Waals surface area contributed by atoms with E-state index in [9.17, 15) is 4.79 Å². The van der Waals surface area contributed by atoms with Crippen LogP contribution in [0.2, 0.25) is 10.0 Å². The minimum Gasteiger partial charge on any atom is -0.340 e. The number of nitrogens with two attached hydrogens (primary N) is 1. The molecule has 138 valence electrons. The molecule has 0 aliphatic carbocycles. The van der Waals surface area contributed by atoms with Gasteiger partial charge in [-0.15, -0.1) is 12.4 Å². The molecule has 2 N–H and O–H groups in total. The van der Waals surface area contributed by atoms with Gasteiger partial charge in [0.1, 0.15) is 0 Å². The van der Waals surface area contributed by atoms with Gasteiger partial charge in [-0.05, 0) is 36.6 Å². The Hall–Kier alpha value is -1.27. The van der Waals surface area contributed by atoms with Crippen LogP contribution in [-0.4, -0.2) is 40.2 Å². The highest BCUT2D eigenvalue weighted by Gasteiger charge is 2.17. The quantitative estimate of drug-likeness (QED) is 0.788. The van der Waals surface area contributed by atoms with Gasteiger partial charge in [-0.3, -0.25) is 4.79 Å². The summed E-state index contributed by atoms with van der Waals surface area (Å²) in [7, 11) is 1.76. The molecule has 0 bridgehead atoms. The van der Waals surface area contributed by atoms with Crippen molar-refractivity contribution in [1.29, 1.82) is 0 Å². The molecule has 0 aliphatic heterocycles. The van der Waals surface area contributed by atoms with E-state index in [1.807, 2.05) is 0 Å². The minimum atomic E-state index is -0.134. The van der Waals surface area contributed by atoms with Crippen LogP contribution in [0.15, 0.2) is 30.5 Å². The first-order valence-corrected chi connectivity index (χ1v) is 8.57. The van der Waals surface area contributed by atoms with Gasteiger partial charge in [-0.1, -0.05) is 37.0 Å². The number of halogens is 3. The van der Waals surface area contributed by atoms with E-state index in [2.05, 4.69) is 18.9 Å². The zero-order valence-corrected chi connectivity index (χ0v) is 16.8. The first-order chi connectivity index (χ1) is 11.3. The Morgan fingerprint density at radius 1 is 1.28 bits per heavy atom. The maximum atomic E-state index is 12.5. The van der Waals surface area contributed by atoms with Crippen molar-refractivity contribution >= 4 is 41.5 Å². The van der Waals surface area contributed by atoms with Gasteiger partial charge >= 0.3 is 0 Å². The molecule has 0 saturated heterocycles. The van der Waals surface area contributed by atoms with Gasteiger partial charge in [0.25, 0.3) is 5.91 Å². The number of amides is 1. The molecule has 1 atom stereocenters. The highest BCUT2D eigenvalue weighted by atomic mass is 35.5. The number of benzene rings is 1. The molecular weight excluding hydrogens is 383 g/mol. The van der Waals surface area contributed by atoms with Crippen LogP contribution in [0.5, 0.6) is 0 Å². The molecule has 2 aromatic rings. The molecule has 1 aromatic heterocycles. The predicted molar refractivity (Wildman–Crippen MR) is 105 cm³/mol. The molecule has 0 saturated carbocycles. The van der Waals surface area contributed by atoms with Crippen molar-refractivity contribution in [2.45, 2.75) is 26.3 Å². The highest BCUT2D eigenvalue weighted by Crippen LogP contribution is 2.24. The SMILES string of the molecule is CC(C)C(N)CCN(C)C(=O)c1ccn(-c2ccc(Cl)c(Cl)c2)n1.Cl. The summed E-state index contributed by atoms with van der Waals surface area (Å²) in [4.78, 5) is 14.1. The first kappa shape index (κ1) is 21.8. The molecule has 1 aromatic carbocycles. The molecule has 0 fully saturated rings. The Bertz CT molecular complexity index is 718. The number of rotatable bonds is 6. The maximum Gasteiger partial charge on any atom is 0.274 e. The number of carbonyl (C=O) groups excluding carboxylic acids is 1. The third kappa shape index (κ3) is 5.61. The topological polar surface area (TPSA) is 64.2 Å². The summed E-state index contributed by atoms with van der Waals surface area (Å²) in [5.74, 6) is 0.257. The molecule has 2 rings (SSSR count). The zero-order valence-electron chi connectivity index (χ0n) is 14.4. The third-order valence-electron chi connectivity index (χ3n) is 3.98. The Morgan fingerprint density at radius 3 is 2.56 bits per heavy atom. The average Bonchev–Trinajstić information content (AvgIpc) is 3.03. The Kier molecular flexibility index (Phi) is 8.22. The van der Waals surface area contributed by atoms with E-state index in [4.69, 9.17) is 28.9 Å². The summed E-state index contributed by atoms with van der Waals surface area (Å²) >= 11 is 11.9. The fourth-order valence-electron chi connectivity index (χ4n) is 2.18. The molecule has 0 aliphatic rings. The van der Waals surface area contributed by atoms with Crippen LogP contribution in [0.4, 0.5) is 0 Å². The van der Waals surface area contributed by atoms with Crippen LogP contribution in [0.25, 0.3) is 5.69 Å². The second-order valence-electron chi connectivity index (χ2n) is 6.17. The molecule has 5 nitrogen and oxygen atoms in total. The van der Waals surface area contributed by atoms with Crippen molar-refractivity contribution in [3.63, 3.8) is 0 Å². The van der Waals surface area contributed by atoms with Gasteiger partial charge < -0.3 is 10.6 Å². The van der Waals surface area contributed by atoms with Crippen LogP contribution >= 0.6 is 35.6 Å². The van der Waals surface area contributed by atoms with Crippen LogP contribution in [-0.2, 0) is 0 Å². The van der Waals surface area contributed by atoms with Gasteiger partial charge in [0.05, 0.1) is 15.7 Å². The van der Waals surface area contributed by atoms with E-state index in [1.54, 1.807) is 47.1 Å². The molecule has 1 heterocycles. The molecule has 1 amide bonds. The minimum absolute atomic E-state index is 0. The number of nitrogens with zero attached hydrogens (tertiary/aromatic N) is 3. The normalized spacial score (nSPS) is 12.0. The van der Waals surface area contributed by atoms with Crippen LogP contribution in [0.1, 0.15) is 30.8 Å². The van der Waals surface area contributed by atoms with Crippen LogP contribution in [0.3, 0.4) is 0 Å². The van der Waals surface area contributed by atoms with E-state index < -0.39 is 0 Å². The summed E-state index contributed by atoms with van der Waals surface area (Å²) < 4.78 is 1.60. The van der Waals surface area contributed by atoms with Gasteiger partial charge in [-0.25, -0.2) is 4.68 Å². The van der Waals surface area contributed by atoms with Crippen molar-refractivity contribution in [3.05, 3.63) is 46.2 Å². The zero-order chi connectivity index (χ0) is 17.9. The Balaban J connectivity index is 0.00000312. The fourth-order valence-corrected chi connectivity index (χ4v) is 2.47. The Morgan fingerprint density at radius 2 is 1.96 bits per heavy atom. The van der Waals surface area contributed by atoms with Gasteiger partial charge in [0.2, 0.25) is 0 Å². The molecule has 0 spiro atoms. The average molecular weight is 406 g/mol. The number of carbonyl (C=O) groups is 1. The first-order valence-electron chi connectivity index (χ1n) is 7.81. The maximum absolute atomic E-state index is 12.5. The summed E-state index contributed by atoms with van der Waals surface area (Å²) in [5.41, 5.74) is 7.15. The third-order valence-corrected chi connectivity index (χ3v) is 4.72. The molecule has 8 heteroatoms. The van der Waals surface area contributed by atoms with Crippen LogP contribution in [0, 0.1) is 5.92 Å². The van der Waals surface area contributed by atoms with Crippen LogP contribution < -0.4 is 5.73 Å². The lowest BCUT2D eigenvalue weighted by molar-refractivity contribution is 0.0783. The van der Waals surface area contributed by atoms with Gasteiger partial charge in [0.15, 0.2) is 5.69 Å². The standard InChI is InChI=1S/C17H22Cl2N4O.ClH/c1-11(2)15(20)6-8-22(3)17(24)16-7-9-23(21-16)12-4-5-13(18)14(19)10-12;/h4-5,7,9-11,15H,6,8,20H2,1-3H3;1H.